The molecule has 1 aliphatic carbocycles. The summed E-state index contributed by atoms with van der Waals surface area (Å²) in [4.78, 5) is 13.9. The molecule has 0 amide bonds. The molecule has 0 unspecified atom stereocenters. The van der Waals surface area contributed by atoms with Crippen LogP contribution in [-0.2, 0) is 5.41 Å². The maximum atomic E-state index is 11.8. The number of hydrogen-bond acceptors (Lipinski definition) is 2. The monoisotopic (exact) mass is 217 g/mol. The SMILES string of the molecule is CN(C)c1ccc2c(c1)C(C)(C)CCC2=O. The van der Waals surface area contributed by atoms with E-state index >= 15 is 0 Å². The third-order valence-electron chi connectivity index (χ3n) is 3.53. The number of carbonyl (C=O) groups is 1. The molecule has 0 N–H and O–H groups in total. The first kappa shape index (κ1) is 11.2. The molecule has 0 saturated heterocycles. The quantitative estimate of drug-likeness (QED) is 0.720. The predicted octanol–water partition coefficient (Wildman–Crippen LogP) is 3.01. The Hall–Kier alpha value is -1.31. The maximum Gasteiger partial charge on any atom is 0.163 e. The largest absolute Gasteiger partial charge is 0.378 e. The lowest BCUT2D eigenvalue weighted by atomic mass is 9.72. The van der Waals surface area contributed by atoms with Gasteiger partial charge >= 0.3 is 0 Å². The van der Waals surface area contributed by atoms with Crippen LogP contribution in [0.3, 0.4) is 0 Å². The molecule has 86 valence electrons. The van der Waals surface area contributed by atoms with E-state index in [0.717, 1.165) is 12.0 Å². The van der Waals surface area contributed by atoms with Crippen LogP contribution < -0.4 is 4.90 Å². The van der Waals surface area contributed by atoms with E-state index in [1.54, 1.807) is 0 Å². The Morgan fingerprint density at radius 1 is 1.25 bits per heavy atom. The normalized spacial score (nSPS) is 18.1. The van der Waals surface area contributed by atoms with E-state index in [-0.39, 0.29) is 5.41 Å². The van der Waals surface area contributed by atoms with E-state index in [4.69, 9.17) is 0 Å². The first-order valence-electron chi connectivity index (χ1n) is 5.77. The smallest absolute Gasteiger partial charge is 0.163 e. The number of anilines is 1. The molecule has 0 aromatic heterocycles. The van der Waals surface area contributed by atoms with Crippen LogP contribution in [-0.4, -0.2) is 19.9 Å². The van der Waals surface area contributed by atoms with Crippen LogP contribution in [0.25, 0.3) is 0 Å². The van der Waals surface area contributed by atoms with Crippen molar-refractivity contribution in [1.82, 2.24) is 0 Å². The molecule has 0 atom stereocenters. The Bertz CT molecular complexity index is 432. The summed E-state index contributed by atoms with van der Waals surface area (Å²) < 4.78 is 0. The van der Waals surface area contributed by atoms with Gasteiger partial charge in [-0.05, 0) is 35.6 Å². The van der Waals surface area contributed by atoms with Crippen molar-refractivity contribution in [1.29, 1.82) is 0 Å². The minimum absolute atomic E-state index is 0.120. The van der Waals surface area contributed by atoms with Crippen LogP contribution in [0.15, 0.2) is 18.2 Å². The van der Waals surface area contributed by atoms with Crippen molar-refractivity contribution < 1.29 is 4.79 Å². The van der Waals surface area contributed by atoms with Crippen LogP contribution in [0, 0.1) is 0 Å². The van der Waals surface area contributed by atoms with Gasteiger partial charge in [-0.15, -0.1) is 0 Å². The summed E-state index contributed by atoms with van der Waals surface area (Å²) in [5.41, 5.74) is 3.41. The standard InChI is InChI=1S/C14H19NO/c1-14(2)8-7-13(16)11-6-5-10(15(3)4)9-12(11)14/h5-6,9H,7-8H2,1-4H3. The molecule has 0 heterocycles. The second-order valence-electron chi connectivity index (χ2n) is 5.43. The molecule has 0 saturated carbocycles. The first-order chi connectivity index (χ1) is 7.42. The van der Waals surface area contributed by atoms with E-state index < -0.39 is 0 Å². The molecule has 1 aromatic rings. The third-order valence-corrected chi connectivity index (χ3v) is 3.53. The molecule has 2 rings (SSSR count). The number of ketones is 1. The van der Waals surface area contributed by atoms with Gasteiger partial charge in [0.05, 0.1) is 0 Å². The lowest BCUT2D eigenvalue weighted by Crippen LogP contribution is -2.27. The van der Waals surface area contributed by atoms with E-state index in [1.807, 2.05) is 26.2 Å². The zero-order valence-corrected chi connectivity index (χ0v) is 10.5. The summed E-state index contributed by atoms with van der Waals surface area (Å²) in [6.45, 7) is 4.44. The Kier molecular flexibility index (Phi) is 2.53. The summed E-state index contributed by atoms with van der Waals surface area (Å²) in [6.07, 6.45) is 1.64. The number of carbonyl (C=O) groups excluding carboxylic acids is 1. The molecule has 0 spiro atoms. The first-order valence-corrected chi connectivity index (χ1v) is 5.77. The molecule has 16 heavy (non-hydrogen) atoms. The molecule has 1 aromatic carbocycles. The zero-order chi connectivity index (χ0) is 11.9. The van der Waals surface area contributed by atoms with E-state index in [9.17, 15) is 4.79 Å². The van der Waals surface area contributed by atoms with Gasteiger partial charge in [-0.2, -0.15) is 0 Å². The van der Waals surface area contributed by atoms with E-state index in [2.05, 4.69) is 24.8 Å². The van der Waals surface area contributed by atoms with Crippen LogP contribution in [0.5, 0.6) is 0 Å². The molecule has 0 bridgehead atoms. The third kappa shape index (κ3) is 1.73. The fraction of sp³-hybridized carbons (Fsp3) is 0.500. The van der Waals surface area contributed by atoms with E-state index in [0.29, 0.717) is 12.2 Å². The van der Waals surface area contributed by atoms with Gasteiger partial charge in [-0.3, -0.25) is 4.79 Å². The van der Waals surface area contributed by atoms with Crippen molar-refractivity contribution in [2.45, 2.75) is 32.1 Å². The topological polar surface area (TPSA) is 20.3 Å². The van der Waals surface area contributed by atoms with Crippen molar-refractivity contribution in [3.8, 4) is 0 Å². The van der Waals surface area contributed by atoms with Gasteiger partial charge in [0.15, 0.2) is 5.78 Å². The average Bonchev–Trinajstić information content (AvgIpc) is 2.23. The van der Waals surface area contributed by atoms with Crippen LogP contribution in [0.1, 0.15) is 42.6 Å². The van der Waals surface area contributed by atoms with Gasteiger partial charge in [0.2, 0.25) is 0 Å². The van der Waals surface area contributed by atoms with Gasteiger partial charge in [-0.25, -0.2) is 0 Å². The van der Waals surface area contributed by atoms with Crippen molar-refractivity contribution in [2.24, 2.45) is 0 Å². The van der Waals surface area contributed by atoms with Crippen molar-refractivity contribution in [3.63, 3.8) is 0 Å². The number of hydrogen-bond donors (Lipinski definition) is 0. The molecule has 0 fully saturated rings. The molecule has 1 aliphatic rings. The van der Waals surface area contributed by atoms with Crippen LogP contribution >= 0.6 is 0 Å². The van der Waals surface area contributed by atoms with Crippen LogP contribution in [0.2, 0.25) is 0 Å². The van der Waals surface area contributed by atoms with Crippen molar-refractivity contribution in [2.75, 3.05) is 19.0 Å². The molecule has 0 aliphatic heterocycles. The predicted molar refractivity (Wildman–Crippen MR) is 67.4 cm³/mol. The second kappa shape index (κ2) is 3.62. The molecule has 2 nitrogen and oxygen atoms in total. The summed E-state index contributed by atoms with van der Waals surface area (Å²) >= 11 is 0. The minimum atomic E-state index is 0.120. The Morgan fingerprint density at radius 3 is 2.56 bits per heavy atom. The van der Waals surface area contributed by atoms with E-state index in [1.165, 1.54) is 11.3 Å². The summed E-state index contributed by atoms with van der Waals surface area (Å²) in [6, 6.07) is 6.17. The summed E-state index contributed by atoms with van der Waals surface area (Å²) in [7, 11) is 4.05. The lowest BCUT2D eigenvalue weighted by Gasteiger charge is -2.32. The highest BCUT2D eigenvalue weighted by Crippen LogP contribution is 2.38. The summed E-state index contributed by atoms with van der Waals surface area (Å²) in [5, 5.41) is 0. The minimum Gasteiger partial charge on any atom is -0.378 e. The Labute approximate surface area is 97.3 Å². The Morgan fingerprint density at radius 2 is 1.94 bits per heavy atom. The lowest BCUT2D eigenvalue weighted by molar-refractivity contribution is 0.0957. The highest BCUT2D eigenvalue weighted by Gasteiger charge is 2.31. The van der Waals surface area contributed by atoms with Gasteiger partial charge < -0.3 is 4.90 Å². The number of rotatable bonds is 1. The second-order valence-corrected chi connectivity index (χ2v) is 5.43. The maximum absolute atomic E-state index is 11.8. The molecular weight excluding hydrogens is 198 g/mol. The van der Waals surface area contributed by atoms with Gasteiger partial charge in [0, 0.05) is 31.8 Å². The molecular formula is C14H19NO. The van der Waals surface area contributed by atoms with Gasteiger partial charge in [0.25, 0.3) is 0 Å². The highest BCUT2D eigenvalue weighted by atomic mass is 16.1. The van der Waals surface area contributed by atoms with Gasteiger partial charge in [0.1, 0.15) is 0 Å². The Balaban J connectivity index is 2.58. The summed E-state index contributed by atoms with van der Waals surface area (Å²) in [5.74, 6) is 0.291. The number of benzene rings is 1. The molecule has 0 radical (unpaired) electrons. The van der Waals surface area contributed by atoms with Crippen molar-refractivity contribution >= 4 is 11.5 Å². The number of nitrogens with zero attached hydrogens (tertiary/aromatic N) is 1. The fourth-order valence-electron chi connectivity index (χ4n) is 2.31. The fourth-order valence-corrected chi connectivity index (χ4v) is 2.31. The zero-order valence-electron chi connectivity index (χ0n) is 10.5. The van der Waals surface area contributed by atoms with Crippen LogP contribution in [0.4, 0.5) is 5.69 Å². The van der Waals surface area contributed by atoms with Gasteiger partial charge in [-0.1, -0.05) is 13.8 Å². The molecule has 2 heteroatoms. The average molecular weight is 217 g/mol. The highest BCUT2D eigenvalue weighted by molar-refractivity contribution is 5.99. The number of Topliss-reactive ketones (excluding diaryl/α,β-unsaturated/α-hetero) is 1. The number of fused-ring (bicyclic) bond motifs is 1. The van der Waals surface area contributed by atoms with Crippen molar-refractivity contribution in [3.05, 3.63) is 29.3 Å².